The van der Waals surface area contributed by atoms with Crippen molar-refractivity contribution in [3.05, 3.63) is 28.8 Å². The molecule has 1 unspecified atom stereocenters. The lowest BCUT2D eigenvalue weighted by molar-refractivity contribution is 0.0191. The Morgan fingerprint density at radius 1 is 1.25 bits per heavy atom. The second-order valence-electron chi connectivity index (χ2n) is 4.72. The summed E-state index contributed by atoms with van der Waals surface area (Å²) in [6.07, 6.45) is 0. The molecule has 0 saturated heterocycles. The molecule has 0 radical (unpaired) electrons. The fraction of sp³-hybridized carbons (Fsp3) is 0.538. The molecule has 0 heterocycles. The minimum Gasteiger partial charge on any atom is -0.490 e. The van der Waals surface area contributed by atoms with E-state index in [9.17, 15) is 5.11 Å². The predicted molar refractivity (Wildman–Crippen MR) is 65.8 cm³/mol. The molecular formula is C13H21NO2. The minimum atomic E-state index is -0.968. The van der Waals surface area contributed by atoms with Crippen LogP contribution < -0.4 is 10.5 Å². The minimum absolute atomic E-state index is 0.191. The van der Waals surface area contributed by atoms with Crippen LogP contribution >= 0.6 is 0 Å². The Bertz CT molecular complexity index is 349. The zero-order valence-corrected chi connectivity index (χ0v) is 10.5. The van der Waals surface area contributed by atoms with E-state index in [1.807, 2.05) is 13.8 Å². The predicted octanol–water partition coefficient (Wildman–Crippen LogP) is 1.70. The average Bonchev–Trinajstić information content (AvgIpc) is 2.16. The molecule has 0 fully saturated rings. The van der Waals surface area contributed by atoms with Crippen LogP contribution in [0.3, 0.4) is 0 Å². The van der Waals surface area contributed by atoms with Crippen molar-refractivity contribution in [2.24, 2.45) is 5.73 Å². The molecule has 90 valence electrons. The summed E-state index contributed by atoms with van der Waals surface area (Å²) in [5.74, 6) is 0.847. The molecule has 0 amide bonds. The molecule has 1 aromatic carbocycles. The van der Waals surface area contributed by atoms with Gasteiger partial charge in [-0.3, -0.25) is 0 Å². The zero-order valence-electron chi connectivity index (χ0n) is 10.5. The van der Waals surface area contributed by atoms with Gasteiger partial charge in [0, 0.05) is 6.54 Å². The summed E-state index contributed by atoms with van der Waals surface area (Å²) >= 11 is 0. The summed E-state index contributed by atoms with van der Waals surface area (Å²) in [6.45, 7) is 8.15. The maximum atomic E-state index is 9.77. The highest BCUT2D eigenvalue weighted by molar-refractivity contribution is 5.42. The lowest BCUT2D eigenvalue weighted by atomic mass is 10.1. The van der Waals surface area contributed by atoms with Crippen LogP contribution in [0.4, 0.5) is 0 Å². The number of hydrogen-bond donors (Lipinski definition) is 2. The van der Waals surface area contributed by atoms with Gasteiger partial charge in [0.15, 0.2) is 0 Å². The monoisotopic (exact) mass is 223 g/mol. The normalized spacial score (nSPS) is 14.6. The van der Waals surface area contributed by atoms with Gasteiger partial charge >= 0.3 is 0 Å². The smallest absolute Gasteiger partial charge is 0.125 e. The van der Waals surface area contributed by atoms with Crippen molar-refractivity contribution in [2.75, 3.05) is 13.2 Å². The van der Waals surface area contributed by atoms with Crippen LogP contribution in [0, 0.1) is 20.8 Å². The number of hydrogen-bond acceptors (Lipinski definition) is 3. The molecule has 1 rings (SSSR count). The molecule has 16 heavy (non-hydrogen) atoms. The molecule has 3 heteroatoms. The Hall–Kier alpha value is -1.06. The quantitative estimate of drug-likeness (QED) is 0.817. The highest BCUT2D eigenvalue weighted by Gasteiger charge is 2.19. The molecule has 0 spiro atoms. The maximum absolute atomic E-state index is 9.77. The van der Waals surface area contributed by atoms with Gasteiger partial charge in [0.2, 0.25) is 0 Å². The first-order valence-electron chi connectivity index (χ1n) is 5.49. The van der Waals surface area contributed by atoms with Gasteiger partial charge in [0.05, 0.1) is 0 Å². The van der Waals surface area contributed by atoms with Crippen LogP contribution in [0.2, 0.25) is 0 Å². The van der Waals surface area contributed by atoms with Crippen molar-refractivity contribution in [1.29, 1.82) is 0 Å². The van der Waals surface area contributed by atoms with Crippen LogP contribution in [0.25, 0.3) is 0 Å². The number of rotatable bonds is 4. The third-order valence-electron chi connectivity index (χ3n) is 2.57. The summed E-state index contributed by atoms with van der Waals surface area (Å²) in [6, 6.07) is 4.14. The van der Waals surface area contributed by atoms with Crippen molar-refractivity contribution in [3.8, 4) is 5.75 Å². The van der Waals surface area contributed by atoms with Gasteiger partial charge in [-0.15, -0.1) is 0 Å². The van der Waals surface area contributed by atoms with Crippen molar-refractivity contribution in [1.82, 2.24) is 0 Å². The Labute approximate surface area is 97.2 Å². The molecule has 0 bridgehead atoms. The number of aryl methyl sites for hydroxylation is 3. The molecule has 0 aliphatic carbocycles. The molecule has 0 saturated carbocycles. The fourth-order valence-corrected chi connectivity index (χ4v) is 1.68. The standard InChI is InChI=1S/C13H21NO2/c1-9-5-10(2)12(11(3)6-9)16-8-13(4,15)7-14/h5-6,15H,7-8,14H2,1-4H3. The maximum Gasteiger partial charge on any atom is 0.125 e. The van der Waals surface area contributed by atoms with Crippen LogP contribution in [-0.4, -0.2) is 23.9 Å². The molecule has 0 aliphatic heterocycles. The highest BCUT2D eigenvalue weighted by atomic mass is 16.5. The van der Waals surface area contributed by atoms with E-state index in [2.05, 4.69) is 19.1 Å². The molecular weight excluding hydrogens is 202 g/mol. The van der Waals surface area contributed by atoms with Crippen molar-refractivity contribution in [2.45, 2.75) is 33.3 Å². The average molecular weight is 223 g/mol. The second-order valence-corrected chi connectivity index (χ2v) is 4.72. The van der Waals surface area contributed by atoms with E-state index in [4.69, 9.17) is 10.5 Å². The van der Waals surface area contributed by atoms with Gasteiger partial charge in [-0.2, -0.15) is 0 Å². The molecule has 3 nitrogen and oxygen atoms in total. The number of nitrogens with two attached hydrogens (primary N) is 1. The van der Waals surface area contributed by atoms with Gasteiger partial charge in [-0.1, -0.05) is 17.7 Å². The lowest BCUT2D eigenvalue weighted by Gasteiger charge is -2.23. The zero-order chi connectivity index (χ0) is 12.3. The first kappa shape index (κ1) is 13.0. The van der Waals surface area contributed by atoms with Gasteiger partial charge in [0.25, 0.3) is 0 Å². The summed E-state index contributed by atoms with van der Waals surface area (Å²) in [7, 11) is 0. The van der Waals surface area contributed by atoms with Crippen LogP contribution in [-0.2, 0) is 0 Å². The summed E-state index contributed by atoms with van der Waals surface area (Å²) in [5, 5.41) is 9.77. The Morgan fingerprint density at radius 3 is 2.19 bits per heavy atom. The molecule has 1 aromatic rings. The van der Waals surface area contributed by atoms with E-state index in [1.54, 1.807) is 6.92 Å². The van der Waals surface area contributed by atoms with Gasteiger partial charge in [-0.25, -0.2) is 0 Å². The van der Waals surface area contributed by atoms with Gasteiger partial charge < -0.3 is 15.6 Å². The SMILES string of the molecule is Cc1cc(C)c(OCC(C)(O)CN)c(C)c1. The lowest BCUT2D eigenvalue weighted by Crippen LogP contribution is -2.40. The van der Waals surface area contributed by atoms with Crippen molar-refractivity contribution in [3.63, 3.8) is 0 Å². The van der Waals surface area contributed by atoms with Crippen molar-refractivity contribution < 1.29 is 9.84 Å². The topological polar surface area (TPSA) is 55.5 Å². The van der Waals surface area contributed by atoms with E-state index in [1.165, 1.54) is 5.56 Å². The highest BCUT2D eigenvalue weighted by Crippen LogP contribution is 2.25. The summed E-state index contributed by atoms with van der Waals surface area (Å²) < 4.78 is 5.65. The third kappa shape index (κ3) is 3.22. The first-order chi connectivity index (χ1) is 7.35. The Balaban J connectivity index is 2.82. The fourth-order valence-electron chi connectivity index (χ4n) is 1.68. The number of aliphatic hydroxyl groups is 1. The molecule has 0 aliphatic rings. The van der Waals surface area contributed by atoms with E-state index >= 15 is 0 Å². The van der Waals surface area contributed by atoms with E-state index < -0.39 is 5.60 Å². The van der Waals surface area contributed by atoms with Crippen LogP contribution in [0.5, 0.6) is 5.75 Å². The van der Waals surface area contributed by atoms with E-state index in [0.717, 1.165) is 16.9 Å². The number of ether oxygens (including phenoxy) is 1. The van der Waals surface area contributed by atoms with E-state index in [-0.39, 0.29) is 13.2 Å². The Morgan fingerprint density at radius 2 is 1.75 bits per heavy atom. The summed E-state index contributed by atoms with van der Waals surface area (Å²) in [4.78, 5) is 0. The first-order valence-corrected chi connectivity index (χ1v) is 5.49. The molecule has 0 aromatic heterocycles. The van der Waals surface area contributed by atoms with Crippen LogP contribution in [0.1, 0.15) is 23.6 Å². The summed E-state index contributed by atoms with van der Waals surface area (Å²) in [5.41, 5.74) is 7.86. The van der Waals surface area contributed by atoms with Gasteiger partial charge in [-0.05, 0) is 38.8 Å². The molecule has 3 N–H and O–H groups in total. The number of benzene rings is 1. The largest absolute Gasteiger partial charge is 0.490 e. The van der Waals surface area contributed by atoms with Crippen molar-refractivity contribution >= 4 is 0 Å². The Kier molecular flexibility index (Phi) is 3.94. The van der Waals surface area contributed by atoms with Crippen LogP contribution in [0.15, 0.2) is 12.1 Å². The van der Waals surface area contributed by atoms with Gasteiger partial charge in [0.1, 0.15) is 18.0 Å². The second kappa shape index (κ2) is 4.85. The molecule has 1 atom stereocenters. The third-order valence-corrected chi connectivity index (χ3v) is 2.57. The van der Waals surface area contributed by atoms with E-state index in [0.29, 0.717) is 0 Å².